The van der Waals surface area contributed by atoms with E-state index in [-0.39, 0.29) is 28.9 Å². The number of hydrogen-bond donors (Lipinski definition) is 0. The van der Waals surface area contributed by atoms with Crippen LogP contribution in [0, 0.1) is 23.2 Å². The standard InChI is InChI=1S/C20H30O5Si/c1-12-10-13(25-26(6,7)19(2,3)4)11-14-16(12)15-8-9-20(14,17(21)23-5)18(22)24-15/h8-9,11-12,14-16H,10H2,1-7H3/t12-,14-,15?,16+,20?/m1/s1. The molecule has 144 valence electrons. The minimum absolute atomic E-state index is 0.0727. The molecular formula is C20H30O5Si. The van der Waals surface area contributed by atoms with Crippen LogP contribution in [-0.2, 0) is 23.5 Å². The number of fused-ring (bicyclic) bond motifs is 1. The highest BCUT2D eigenvalue weighted by Crippen LogP contribution is 2.55. The van der Waals surface area contributed by atoms with Crippen molar-refractivity contribution in [1.29, 1.82) is 0 Å². The minimum atomic E-state index is -1.99. The average molecular weight is 379 g/mol. The van der Waals surface area contributed by atoms with E-state index in [0.717, 1.165) is 12.2 Å². The van der Waals surface area contributed by atoms with Crippen molar-refractivity contribution in [2.24, 2.45) is 23.2 Å². The first-order chi connectivity index (χ1) is 11.9. The number of rotatable bonds is 3. The highest BCUT2D eigenvalue weighted by atomic mass is 28.4. The van der Waals surface area contributed by atoms with Gasteiger partial charge in [-0.2, -0.15) is 0 Å². The second-order valence-electron chi connectivity index (χ2n) is 9.37. The number of carbonyl (C=O) groups is 2. The van der Waals surface area contributed by atoms with Gasteiger partial charge in [0, 0.05) is 18.3 Å². The van der Waals surface area contributed by atoms with E-state index in [9.17, 15) is 9.59 Å². The Bertz CT molecular complexity index is 687. The molecule has 0 aromatic carbocycles. The van der Waals surface area contributed by atoms with Gasteiger partial charge in [-0.05, 0) is 36.2 Å². The number of hydrogen-bond acceptors (Lipinski definition) is 5. The second kappa shape index (κ2) is 5.97. The summed E-state index contributed by atoms with van der Waals surface area (Å²) in [5.74, 6) is -0.114. The average Bonchev–Trinajstić information content (AvgIpc) is 2.52. The largest absolute Gasteiger partial charge is 0.547 e. The molecule has 1 fully saturated rings. The Kier molecular flexibility index (Phi) is 4.41. The van der Waals surface area contributed by atoms with Gasteiger partial charge in [-0.3, -0.25) is 9.59 Å². The smallest absolute Gasteiger partial charge is 0.328 e. The van der Waals surface area contributed by atoms with Crippen LogP contribution in [0.25, 0.3) is 0 Å². The molecule has 0 saturated carbocycles. The van der Waals surface area contributed by atoms with Gasteiger partial charge in [-0.25, -0.2) is 0 Å². The molecule has 2 bridgehead atoms. The molecule has 6 heteroatoms. The van der Waals surface area contributed by atoms with Crippen molar-refractivity contribution in [3.05, 3.63) is 24.0 Å². The molecule has 0 spiro atoms. The lowest BCUT2D eigenvalue weighted by Gasteiger charge is -2.52. The Morgan fingerprint density at radius 2 is 2.00 bits per heavy atom. The number of allylic oxidation sites excluding steroid dienone is 2. The molecule has 2 aliphatic heterocycles. The van der Waals surface area contributed by atoms with Crippen LogP contribution in [0.4, 0.5) is 0 Å². The Balaban J connectivity index is 2.03. The number of methoxy groups -OCH3 is 1. The molecule has 4 rings (SSSR count). The van der Waals surface area contributed by atoms with Gasteiger partial charge in [0.1, 0.15) is 6.10 Å². The van der Waals surface area contributed by atoms with Crippen LogP contribution < -0.4 is 0 Å². The summed E-state index contributed by atoms with van der Waals surface area (Å²) in [6.07, 6.45) is 6.07. The van der Waals surface area contributed by atoms with E-state index in [2.05, 4.69) is 40.8 Å². The molecule has 0 amide bonds. The number of carbonyl (C=O) groups excluding carboxylic acids is 2. The molecule has 26 heavy (non-hydrogen) atoms. The summed E-state index contributed by atoms with van der Waals surface area (Å²) in [6, 6.07) is 0. The van der Waals surface area contributed by atoms with Crippen LogP contribution in [0.2, 0.25) is 18.1 Å². The van der Waals surface area contributed by atoms with E-state index in [1.165, 1.54) is 7.11 Å². The SMILES string of the molecule is COC(=O)C12C=CC(OC1=O)[C@H]1[C@H](C)CC(O[Si](C)(C)C(C)(C)C)=C[C@H]12. The van der Waals surface area contributed by atoms with Crippen LogP contribution in [-0.4, -0.2) is 33.5 Å². The first-order valence-electron chi connectivity index (χ1n) is 9.32. The maximum atomic E-state index is 12.7. The minimum Gasteiger partial charge on any atom is -0.547 e. The van der Waals surface area contributed by atoms with Crippen molar-refractivity contribution in [3.8, 4) is 0 Å². The van der Waals surface area contributed by atoms with E-state index >= 15 is 0 Å². The van der Waals surface area contributed by atoms with Crippen LogP contribution in [0.15, 0.2) is 24.0 Å². The van der Waals surface area contributed by atoms with Crippen molar-refractivity contribution in [2.75, 3.05) is 7.11 Å². The molecule has 5 nitrogen and oxygen atoms in total. The normalized spacial score (nSPS) is 36.1. The van der Waals surface area contributed by atoms with E-state index in [0.29, 0.717) is 0 Å². The third-order valence-corrected chi connectivity index (χ3v) is 11.1. The Hall–Kier alpha value is -1.56. The molecule has 2 aliphatic carbocycles. The number of esters is 2. The van der Waals surface area contributed by atoms with Gasteiger partial charge in [0.05, 0.1) is 12.9 Å². The Morgan fingerprint density at radius 3 is 2.54 bits per heavy atom. The highest BCUT2D eigenvalue weighted by molar-refractivity contribution is 6.74. The highest BCUT2D eigenvalue weighted by Gasteiger charge is 2.64. The fourth-order valence-electron chi connectivity index (χ4n) is 4.19. The summed E-state index contributed by atoms with van der Waals surface area (Å²) in [5, 5.41) is 0.0817. The van der Waals surface area contributed by atoms with E-state index in [1.807, 2.05) is 12.2 Å². The monoisotopic (exact) mass is 378 g/mol. The maximum Gasteiger partial charge on any atom is 0.328 e. The van der Waals surface area contributed by atoms with Crippen LogP contribution in [0.1, 0.15) is 34.1 Å². The molecule has 4 aliphatic rings. The van der Waals surface area contributed by atoms with Gasteiger partial charge in [0.25, 0.3) is 0 Å². The van der Waals surface area contributed by atoms with Gasteiger partial charge in [-0.15, -0.1) is 0 Å². The summed E-state index contributed by atoms with van der Waals surface area (Å²) in [6.45, 7) is 13.2. The predicted molar refractivity (Wildman–Crippen MR) is 101 cm³/mol. The zero-order chi connectivity index (χ0) is 19.5. The lowest BCUT2D eigenvalue weighted by atomic mass is 9.56. The molecule has 0 aromatic rings. The second-order valence-corrected chi connectivity index (χ2v) is 14.1. The molecular weight excluding hydrogens is 348 g/mol. The van der Waals surface area contributed by atoms with Crippen molar-refractivity contribution >= 4 is 20.3 Å². The maximum absolute atomic E-state index is 12.7. The molecule has 2 heterocycles. The predicted octanol–water partition coefficient (Wildman–Crippen LogP) is 3.82. The van der Waals surface area contributed by atoms with Crippen LogP contribution in [0.5, 0.6) is 0 Å². The van der Waals surface area contributed by atoms with Gasteiger partial charge < -0.3 is 13.9 Å². The third-order valence-electron chi connectivity index (χ3n) is 6.71. The molecule has 5 atom stereocenters. The Morgan fingerprint density at radius 1 is 1.35 bits per heavy atom. The zero-order valence-electron chi connectivity index (χ0n) is 16.8. The quantitative estimate of drug-likeness (QED) is 0.323. The van der Waals surface area contributed by atoms with E-state index in [4.69, 9.17) is 13.9 Å². The topological polar surface area (TPSA) is 61.8 Å². The van der Waals surface area contributed by atoms with Crippen molar-refractivity contribution < 1.29 is 23.5 Å². The van der Waals surface area contributed by atoms with Gasteiger partial charge in [0.15, 0.2) is 5.41 Å². The lowest BCUT2D eigenvalue weighted by Crippen LogP contribution is -2.61. The van der Waals surface area contributed by atoms with Gasteiger partial charge in [0.2, 0.25) is 8.32 Å². The van der Waals surface area contributed by atoms with Gasteiger partial charge in [-0.1, -0.05) is 33.8 Å². The summed E-state index contributed by atoms with van der Waals surface area (Å²) >= 11 is 0. The lowest BCUT2D eigenvalue weighted by molar-refractivity contribution is -0.191. The van der Waals surface area contributed by atoms with Crippen molar-refractivity contribution in [1.82, 2.24) is 0 Å². The molecule has 1 saturated heterocycles. The summed E-state index contributed by atoms with van der Waals surface area (Å²) in [5.41, 5.74) is -1.38. The first kappa shape index (κ1) is 19.2. The van der Waals surface area contributed by atoms with Crippen LogP contribution in [0.3, 0.4) is 0 Å². The summed E-state index contributed by atoms with van der Waals surface area (Å²) < 4.78 is 17.1. The molecule has 2 unspecified atom stereocenters. The summed E-state index contributed by atoms with van der Waals surface area (Å²) in [4.78, 5) is 25.3. The number of ether oxygens (including phenoxy) is 2. The third kappa shape index (κ3) is 2.64. The Labute approximate surface area is 156 Å². The van der Waals surface area contributed by atoms with E-state index in [1.54, 1.807) is 6.08 Å². The fraction of sp³-hybridized carbons (Fsp3) is 0.700. The van der Waals surface area contributed by atoms with Crippen molar-refractivity contribution in [3.63, 3.8) is 0 Å². The van der Waals surface area contributed by atoms with E-state index < -0.39 is 25.7 Å². The van der Waals surface area contributed by atoms with Crippen LogP contribution >= 0.6 is 0 Å². The zero-order valence-corrected chi connectivity index (χ0v) is 17.8. The fourth-order valence-corrected chi connectivity index (χ4v) is 5.30. The molecule has 0 radical (unpaired) electrons. The summed E-state index contributed by atoms with van der Waals surface area (Å²) in [7, 11) is -0.679. The first-order valence-corrected chi connectivity index (χ1v) is 12.2. The molecule has 0 aromatic heterocycles. The van der Waals surface area contributed by atoms with Crippen molar-refractivity contribution in [2.45, 2.75) is 58.4 Å². The van der Waals surface area contributed by atoms with Gasteiger partial charge >= 0.3 is 11.9 Å². The molecule has 0 N–H and O–H groups in total.